The molecule has 1 aromatic carbocycles. The van der Waals surface area contributed by atoms with Crippen molar-refractivity contribution in [1.82, 2.24) is 0 Å². The Balaban J connectivity index is 2.11. The van der Waals surface area contributed by atoms with Crippen molar-refractivity contribution >= 4 is 33.5 Å². The summed E-state index contributed by atoms with van der Waals surface area (Å²) in [5.74, 6) is 0.138. The van der Waals surface area contributed by atoms with E-state index in [1.54, 1.807) is 11.0 Å². The molecule has 0 aromatic heterocycles. The number of alkyl halides is 3. The van der Waals surface area contributed by atoms with E-state index in [1.807, 2.05) is 0 Å². The predicted octanol–water partition coefficient (Wildman–Crippen LogP) is 3.58. The smallest absolute Gasteiger partial charge is 0.369 e. The van der Waals surface area contributed by atoms with Crippen LogP contribution >= 0.6 is 15.9 Å². The summed E-state index contributed by atoms with van der Waals surface area (Å²) in [7, 11) is 0. The topological polar surface area (TPSA) is 80.0 Å². The van der Waals surface area contributed by atoms with Gasteiger partial charge in [0.05, 0.1) is 5.56 Å². The minimum Gasteiger partial charge on any atom is -0.369 e. The zero-order valence-corrected chi connectivity index (χ0v) is 14.4. The van der Waals surface area contributed by atoms with Crippen molar-refractivity contribution in [2.24, 2.45) is 21.5 Å². The number of nitrogens with zero attached hydrogens (tertiary/aromatic N) is 3. The van der Waals surface area contributed by atoms with Gasteiger partial charge in [0, 0.05) is 10.2 Å². The first-order valence-corrected chi connectivity index (χ1v) is 8.39. The number of anilines is 1. The van der Waals surface area contributed by atoms with Gasteiger partial charge >= 0.3 is 6.18 Å². The molecule has 0 radical (unpaired) electrons. The Kier molecular flexibility index (Phi) is 4.23. The van der Waals surface area contributed by atoms with E-state index in [1.165, 1.54) is 6.07 Å². The zero-order chi connectivity index (χ0) is 17.5. The van der Waals surface area contributed by atoms with E-state index in [4.69, 9.17) is 11.5 Å². The first-order chi connectivity index (χ1) is 11.2. The van der Waals surface area contributed by atoms with Crippen LogP contribution in [-0.4, -0.2) is 17.6 Å². The number of rotatable bonds is 1. The zero-order valence-electron chi connectivity index (χ0n) is 12.8. The molecule has 0 bridgehead atoms. The fourth-order valence-electron chi connectivity index (χ4n) is 3.36. The molecule has 24 heavy (non-hydrogen) atoms. The van der Waals surface area contributed by atoms with Crippen LogP contribution < -0.4 is 16.4 Å². The van der Waals surface area contributed by atoms with E-state index in [9.17, 15) is 13.2 Å². The Hall–Kier alpha value is -1.77. The molecular weight excluding hydrogens is 387 g/mol. The van der Waals surface area contributed by atoms with Crippen LogP contribution in [0.5, 0.6) is 0 Å². The minimum atomic E-state index is -4.47. The maximum absolute atomic E-state index is 13.2. The van der Waals surface area contributed by atoms with E-state index in [0.717, 1.165) is 25.3 Å². The molecule has 1 saturated carbocycles. The van der Waals surface area contributed by atoms with Crippen molar-refractivity contribution in [3.8, 4) is 0 Å². The Bertz CT molecular complexity index is 708. The molecule has 1 aliphatic heterocycles. The average Bonchev–Trinajstić information content (AvgIpc) is 2.47. The second-order valence-electron chi connectivity index (χ2n) is 5.98. The standard InChI is InChI=1S/C15H17BrF3N5/c16-11-5-4-9(8-10(11)15(17,18)19)24-13(21)22-12(20)23-14(24)6-2-1-3-7-14/h4-5,8H,1-3,6-7H2,(H4,20,21,22,23). The largest absolute Gasteiger partial charge is 0.417 e. The molecule has 9 heteroatoms. The summed E-state index contributed by atoms with van der Waals surface area (Å²) in [5.41, 5.74) is 10.6. The van der Waals surface area contributed by atoms with Gasteiger partial charge < -0.3 is 11.5 Å². The molecule has 0 amide bonds. The number of aliphatic imine (C=N–C) groups is 2. The van der Waals surface area contributed by atoms with Gasteiger partial charge in [0.2, 0.25) is 11.9 Å². The molecule has 1 spiro atoms. The van der Waals surface area contributed by atoms with Gasteiger partial charge in [0.15, 0.2) is 0 Å². The highest BCUT2D eigenvalue weighted by Gasteiger charge is 2.43. The third-order valence-electron chi connectivity index (χ3n) is 4.36. The van der Waals surface area contributed by atoms with Crippen LogP contribution in [0.15, 0.2) is 32.7 Å². The molecular formula is C15H17BrF3N5. The highest BCUT2D eigenvalue weighted by atomic mass is 79.9. The second-order valence-corrected chi connectivity index (χ2v) is 6.83. The predicted molar refractivity (Wildman–Crippen MR) is 90.7 cm³/mol. The van der Waals surface area contributed by atoms with Gasteiger partial charge in [0.25, 0.3) is 0 Å². The number of guanidine groups is 2. The van der Waals surface area contributed by atoms with Gasteiger partial charge in [-0.3, -0.25) is 4.90 Å². The molecule has 1 aliphatic carbocycles. The summed E-state index contributed by atoms with van der Waals surface area (Å²) in [6.07, 6.45) is -0.274. The van der Waals surface area contributed by atoms with Gasteiger partial charge in [-0.05, 0) is 43.9 Å². The number of hydrogen-bond donors (Lipinski definition) is 2. The van der Waals surface area contributed by atoms with Crippen LogP contribution in [0.1, 0.15) is 37.7 Å². The minimum absolute atomic E-state index is 0.0213. The Morgan fingerprint density at radius 3 is 2.42 bits per heavy atom. The lowest BCUT2D eigenvalue weighted by Gasteiger charge is -2.45. The molecule has 0 atom stereocenters. The van der Waals surface area contributed by atoms with Crippen LogP contribution in [-0.2, 0) is 6.18 Å². The highest BCUT2D eigenvalue weighted by molar-refractivity contribution is 9.10. The molecule has 3 rings (SSSR count). The maximum atomic E-state index is 13.2. The maximum Gasteiger partial charge on any atom is 0.417 e. The SMILES string of the molecule is NC1=NC2(CCCCC2)N(c2ccc(Br)c(C(F)(F)F)c2)C(N)=N1. The first-order valence-electron chi connectivity index (χ1n) is 7.59. The van der Waals surface area contributed by atoms with E-state index in [2.05, 4.69) is 25.9 Å². The molecule has 0 unspecified atom stereocenters. The number of benzene rings is 1. The van der Waals surface area contributed by atoms with Crippen molar-refractivity contribution in [2.45, 2.75) is 43.9 Å². The van der Waals surface area contributed by atoms with Crippen LogP contribution in [0.4, 0.5) is 18.9 Å². The first kappa shape index (κ1) is 17.1. The molecule has 5 nitrogen and oxygen atoms in total. The van der Waals surface area contributed by atoms with Crippen molar-refractivity contribution in [3.05, 3.63) is 28.2 Å². The van der Waals surface area contributed by atoms with Gasteiger partial charge in [-0.15, -0.1) is 0 Å². The molecule has 1 heterocycles. The average molecular weight is 404 g/mol. The normalized spacial score (nSPS) is 20.8. The Morgan fingerprint density at radius 1 is 1.12 bits per heavy atom. The third kappa shape index (κ3) is 2.97. The summed E-state index contributed by atoms with van der Waals surface area (Å²) in [5, 5.41) is 0. The van der Waals surface area contributed by atoms with E-state index in [-0.39, 0.29) is 16.4 Å². The Morgan fingerprint density at radius 2 is 1.79 bits per heavy atom. The van der Waals surface area contributed by atoms with E-state index in [0.29, 0.717) is 18.5 Å². The lowest BCUT2D eigenvalue weighted by atomic mass is 9.87. The fourth-order valence-corrected chi connectivity index (χ4v) is 3.84. The molecule has 1 aromatic rings. The third-order valence-corrected chi connectivity index (χ3v) is 5.06. The Labute approximate surface area is 145 Å². The number of hydrogen-bond acceptors (Lipinski definition) is 5. The molecule has 4 N–H and O–H groups in total. The van der Waals surface area contributed by atoms with E-state index >= 15 is 0 Å². The summed E-state index contributed by atoms with van der Waals surface area (Å²) >= 11 is 2.95. The van der Waals surface area contributed by atoms with Crippen molar-refractivity contribution < 1.29 is 13.2 Å². The molecule has 0 saturated heterocycles. The van der Waals surface area contributed by atoms with E-state index < -0.39 is 17.4 Å². The van der Waals surface area contributed by atoms with Crippen LogP contribution in [0.2, 0.25) is 0 Å². The second kappa shape index (κ2) is 5.94. The summed E-state index contributed by atoms with van der Waals surface area (Å²) in [6.45, 7) is 0. The van der Waals surface area contributed by atoms with Crippen LogP contribution in [0, 0.1) is 0 Å². The van der Waals surface area contributed by atoms with Gasteiger partial charge in [-0.25, -0.2) is 4.99 Å². The lowest BCUT2D eigenvalue weighted by molar-refractivity contribution is -0.138. The highest BCUT2D eigenvalue weighted by Crippen LogP contribution is 2.42. The van der Waals surface area contributed by atoms with Gasteiger partial charge in [-0.2, -0.15) is 18.2 Å². The fraction of sp³-hybridized carbons (Fsp3) is 0.467. The number of halogens is 4. The quantitative estimate of drug-likeness (QED) is 0.751. The van der Waals surface area contributed by atoms with Crippen molar-refractivity contribution in [3.63, 3.8) is 0 Å². The lowest BCUT2D eigenvalue weighted by Crippen LogP contribution is -2.58. The van der Waals surface area contributed by atoms with Gasteiger partial charge in [0.1, 0.15) is 5.66 Å². The van der Waals surface area contributed by atoms with Crippen molar-refractivity contribution in [2.75, 3.05) is 4.90 Å². The molecule has 2 aliphatic rings. The molecule has 1 fully saturated rings. The van der Waals surface area contributed by atoms with Gasteiger partial charge in [-0.1, -0.05) is 22.4 Å². The monoisotopic (exact) mass is 403 g/mol. The summed E-state index contributed by atoms with van der Waals surface area (Å²) in [6, 6.07) is 4.01. The summed E-state index contributed by atoms with van der Waals surface area (Å²) in [4.78, 5) is 10.0. The summed E-state index contributed by atoms with van der Waals surface area (Å²) < 4.78 is 39.7. The van der Waals surface area contributed by atoms with Crippen molar-refractivity contribution in [1.29, 1.82) is 0 Å². The molecule has 130 valence electrons. The number of nitrogens with two attached hydrogens (primary N) is 2. The van der Waals surface area contributed by atoms with Crippen LogP contribution in [0.3, 0.4) is 0 Å². The van der Waals surface area contributed by atoms with Crippen LogP contribution in [0.25, 0.3) is 0 Å².